The molecule has 5 nitrogen and oxygen atoms in total. The van der Waals surface area contributed by atoms with Crippen LogP contribution < -0.4 is 0 Å². The Kier molecular flexibility index (Phi) is 5.88. The van der Waals surface area contributed by atoms with Crippen LogP contribution in [0.1, 0.15) is 106 Å². The van der Waals surface area contributed by atoms with Gasteiger partial charge in [0.05, 0.1) is 31.5 Å². The minimum atomic E-state index is -0.401. The Morgan fingerprint density at radius 1 is 0.865 bits per heavy atom. The average molecular weight is 517 g/mol. The van der Waals surface area contributed by atoms with E-state index in [0.29, 0.717) is 36.2 Å². The second-order valence-electron chi connectivity index (χ2n) is 15.8. The maximum Gasteiger partial charge on any atom is 0.302 e. The van der Waals surface area contributed by atoms with Crippen LogP contribution in [0.4, 0.5) is 0 Å². The molecule has 37 heavy (non-hydrogen) atoms. The molecule has 0 aromatic heterocycles. The second-order valence-corrected chi connectivity index (χ2v) is 15.8. The third kappa shape index (κ3) is 3.35. The molecule has 0 spiro atoms. The molecule has 0 aromatic rings. The van der Waals surface area contributed by atoms with Crippen molar-refractivity contribution in [2.24, 2.45) is 56.7 Å². The van der Waals surface area contributed by atoms with E-state index in [2.05, 4.69) is 34.6 Å². The summed E-state index contributed by atoms with van der Waals surface area (Å²) in [7, 11) is 0. The molecule has 6 rings (SSSR count). The van der Waals surface area contributed by atoms with Crippen LogP contribution in [-0.4, -0.2) is 47.7 Å². The Balaban J connectivity index is 1.37. The number of carbonyl (C=O) groups is 1. The molecular weight excluding hydrogens is 464 g/mol. The zero-order chi connectivity index (χ0) is 26.6. The van der Waals surface area contributed by atoms with Gasteiger partial charge in [-0.05, 0) is 117 Å². The van der Waals surface area contributed by atoms with Gasteiger partial charge in [0.2, 0.25) is 0 Å². The highest BCUT2D eigenvalue weighted by molar-refractivity contribution is 5.65. The van der Waals surface area contributed by atoms with Gasteiger partial charge in [-0.25, -0.2) is 0 Å². The van der Waals surface area contributed by atoms with Crippen LogP contribution in [0, 0.1) is 56.7 Å². The molecule has 0 radical (unpaired) electrons. The summed E-state index contributed by atoms with van der Waals surface area (Å²) in [5.41, 5.74) is 0.353. The summed E-state index contributed by atoms with van der Waals surface area (Å²) < 4.78 is 11.9. The van der Waals surface area contributed by atoms with Crippen LogP contribution in [0.25, 0.3) is 0 Å². The van der Waals surface area contributed by atoms with Gasteiger partial charge in [-0.2, -0.15) is 0 Å². The lowest BCUT2D eigenvalue weighted by molar-refractivity contribution is -0.257. The van der Waals surface area contributed by atoms with E-state index in [-0.39, 0.29) is 39.8 Å². The first kappa shape index (κ1) is 26.6. The average Bonchev–Trinajstić information content (AvgIpc) is 3.47. The summed E-state index contributed by atoms with van der Waals surface area (Å²) in [6, 6.07) is 0. The maximum absolute atomic E-state index is 11.9. The highest BCUT2D eigenvalue weighted by atomic mass is 16.6. The zero-order valence-electron chi connectivity index (χ0n) is 24.3. The van der Waals surface area contributed by atoms with Crippen LogP contribution in [0.15, 0.2) is 0 Å². The number of esters is 1. The lowest BCUT2D eigenvalue weighted by Gasteiger charge is -2.73. The fourth-order valence-corrected chi connectivity index (χ4v) is 12.3. The second kappa shape index (κ2) is 8.19. The van der Waals surface area contributed by atoms with Crippen molar-refractivity contribution < 1.29 is 24.5 Å². The highest BCUT2D eigenvalue weighted by Gasteiger charge is 2.73. The lowest BCUT2D eigenvalue weighted by Crippen LogP contribution is -2.67. The molecule has 0 amide bonds. The molecule has 0 aromatic carbocycles. The van der Waals surface area contributed by atoms with Crippen LogP contribution in [-0.2, 0) is 14.3 Å². The Hall–Kier alpha value is -0.650. The predicted molar refractivity (Wildman–Crippen MR) is 143 cm³/mol. The molecule has 1 heterocycles. The fraction of sp³-hybridized carbons (Fsp3) is 0.969. The summed E-state index contributed by atoms with van der Waals surface area (Å²) in [6.45, 7) is 15.4. The van der Waals surface area contributed by atoms with Crippen molar-refractivity contribution >= 4 is 5.97 Å². The van der Waals surface area contributed by atoms with E-state index in [1.165, 1.54) is 32.1 Å². The van der Waals surface area contributed by atoms with Crippen molar-refractivity contribution in [1.82, 2.24) is 0 Å². The molecule has 6 fully saturated rings. The zero-order valence-corrected chi connectivity index (χ0v) is 24.3. The SMILES string of the molecule is CC(=O)OC[C@]12CC[C@@H](C3(C)CO3)[C@@H]1[C@H]1CC[C@@H]3[C@@]4(C)CCC(O)C(C)(CO)[C@@H]4CC[C@@]3(C)[C@]1(C)CC2. The van der Waals surface area contributed by atoms with Crippen LogP contribution in [0.3, 0.4) is 0 Å². The summed E-state index contributed by atoms with van der Waals surface area (Å²) in [5.74, 6) is 2.58. The Morgan fingerprint density at radius 3 is 2.24 bits per heavy atom. The fourth-order valence-electron chi connectivity index (χ4n) is 12.3. The van der Waals surface area contributed by atoms with Crippen molar-refractivity contribution in [2.75, 3.05) is 19.8 Å². The quantitative estimate of drug-likeness (QED) is 0.367. The van der Waals surface area contributed by atoms with Gasteiger partial charge in [0.1, 0.15) is 0 Å². The largest absolute Gasteiger partial charge is 0.465 e. The molecule has 5 saturated carbocycles. The minimum Gasteiger partial charge on any atom is -0.465 e. The number of hydrogen-bond acceptors (Lipinski definition) is 5. The number of ether oxygens (including phenoxy) is 2. The normalized spacial score (nSPS) is 58.5. The number of carbonyl (C=O) groups excluding carboxylic acids is 1. The number of epoxide rings is 1. The van der Waals surface area contributed by atoms with Crippen molar-refractivity contribution in [2.45, 2.75) is 117 Å². The van der Waals surface area contributed by atoms with Gasteiger partial charge in [-0.15, -0.1) is 0 Å². The molecule has 210 valence electrons. The molecule has 5 heteroatoms. The van der Waals surface area contributed by atoms with Gasteiger partial charge in [0.15, 0.2) is 0 Å². The summed E-state index contributed by atoms with van der Waals surface area (Å²) >= 11 is 0. The van der Waals surface area contributed by atoms with E-state index in [4.69, 9.17) is 9.47 Å². The van der Waals surface area contributed by atoms with Crippen LogP contribution in [0.2, 0.25) is 0 Å². The van der Waals surface area contributed by atoms with Crippen LogP contribution in [0.5, 0.6) is 0 Å². The molecule has 5 aliphatic carbocycles. The van der Waals surface area contributed by atoms with E-state index < -0.39 is 11.5 Å². The van der Waals surface area contributed by atoms with Crippen molar-refractivity contribution in [1.29, 1.82) is 0 Å². The molecule has 2 N–H and O–H groups in total. The van der Waals surface area contributed by atoms with Gasteiger partial charge >= 0.3 is 5.97 Å². The smallest absolute Gasteiger partial charge is 0.302 e. The lowest BCUT2D eigenvalue weighted by atomic mass is 9.32. The van der Waals surface area contributed by atoms with E-state index in [1.54, 1.807) is 6.92 Å². The van der Waals surface area contributed by atoms with Gasteiger partial charge in [-0.1, -0.05) is 27.7 Å². The number of fused-ring (bicyclic) bond motifs is 7. The van der Waals surface area contributed by atoms with Gasteiger partial charge in [0, 0.05) is 17.8 Å². The van der Waals surface area contributed by atoms with E-state index in [0.717, 1.165) is 38.7 Å². The molecule has 3 unspecified atom stereocenters. The third-order valence-corrected chi connectivity index (χ3v) is 14.7. The van der Waals surface area contributed by atoms with E-state index in [1.807, 2.05) is 0 Å². The molecule has 1 saturated heterocycles. The van der Waals surface area contributed by atoms with E-state index in [9.17, 15) is 15.0 Å². The van der Waals surface area contributed by atoms with Gasteiger partial charge in [-0.3, -0.25) is 4.79 Å². The number of hydrogen-bond donors (Lipinski definition) is 2. The molecule has 1 aliphatic heterocycles. The van der Waals surface area contributed by atoms with Crippen molar-refractivity contribution in [3.8, 4) is 0 Å². The predicted octanol–water partition coefficient (Wildman–Crippen LogP) is 5.75. The van der Waals surface area contributed by atoms with Gasteiger partial charge < -0.3 is 19.7 Å². The minimum absolute atomic E-state index is 0.00469. The number of aliphatic hydroxyl groups is 2. The molecule has 12 atom stereocenters. The standard InChI is InChI=1S/C32H52O5/c1-20(34)36-19-32-14-9-22(31(6)18-37-31)26(32)21-7-8-24-27(2)12-11-25(35)28(3,17-33)23(27)10-13-30(24,5)29(21,4)15-16-32/h21-26,33,35H,7-19H2,1-6H3/t21-,22-,23-,24-,25?,26+,27+,28?,29-,30-,31?,32-/m1/s1. The van der Waals surface area contributed by atoms with Crippen molar-refractivity contribution in [3.63, 3.8) is 0 Å². The summed E-state index contributed by atoms with van der Waals surface area (Å²) in [4.78, 5) is 11.9. The summed E-state index contributed by atoms with van der Waals surface area (Å²) in [5, 5.41) is 21.5. The first-order valence-electron chi connectivity index (χ1n) is 15.4. The Morgan fingerprint density at radius 2 is 1.59 bits per heavy atom. The first-order valence-corrected chi connectivity index (χ1v) is 15.4. The van der Waals surface area contributed by atoms with Gasteiger partial charge in [0.25, 0.3) is 0 Å². The Bertz CT molecular complexity index is 945. The van der Waals surface area contributed by atoms with E-state index >= 15 is 0 Å². The first-order chi connectivity index (χ1) is 17.3. The monoisotopic (exact) mass is 516 g/mol. The number of aliphatic hydroxyl groups excluding tert-OH is 2. The number of rotatable bonds is 4. The topological polar surface area (TPSA) is 79.3 Å². The van der Waals surface area contributed by atoms with Crippen LogP contribution >= 0.6 is 0 Å². The third-order valence-electron chi connectivity index (χ3n) is 14.7. The van der Waals surface area contributed by atoms with Crippen molar-refractivity contribution in [3.05, 3.63) is 0 Å². The Labute approximate surface area is 224 Å². The summed E-state index contributed by atoms with van der Waals surface area (Å²) in [6.07, 6.45) is 11.0. The highest BCUT2D eigenvalue weighted by Crippen LogP contribution is 2.78. The molecule has 0 bridgehead atoms. The maximum atomic E-state index is 11.9. The molecular formula is C32H52O5. The molecule has 6 aliphatic rings.